The zero-order chi connectivity index (χ0) is 14.4. The Balaban J connectivity index is 0.00000220. The van der Waals surface area contributed by atoms with Gasteiger partial charge in [-0.1, -0.05) is 56.5 Å². The fourth-order valence-corrected chi connectivity index (χ4v) is 3.13. The fraction of sp³-hybridized carbons (Fsp3) is 0.588. The highest BCUT2D eigenvalue weighted by Gasteiger charge is 2.24. The third-order valence-electron chi connectivity index (χ3n) is 4.58. The predicted molar refractivity (Wildman–Crippen MR) is 89.6 cm³/mol. The van der Waals surface area contributed by atoms with Crippen LogP contribution in [0.25, 0.3) is 0 Å². The Labute approximate surface area is 134 Å². The van der Waals surface area contributed by atoms with Crippen LogP contribution >= 0.6 is 12.4 Å². The fourth-order valence-electron chi connectivity index (χ4n) is 3.13. The van der Waals surface area contributed by atoms with E-state index in [0.29, 0.717) is 12.5 Å². The largest absolute Gasteiger partial charge is 0.355 e. The molecule has 1 amide bonds. The quantitative estimate of drug-likeness (QED) is 0.878. The lowest BCUT2D eigenvalue weighted by atomic mass is 9.80. The number of hydrogen-bond acceptors (Lipinski definition) is 2. The molecule has 0 bridgehead atoms. The Kier molecular flexibility index (Phi) is 7.76. The van der Waals surface area contributed by atoms with E-state index in [4.69, 9.17) is 5.73 Å². The molecule has 0 aromatic heterocycles. The Bertz CT molecular complexity index is 424. The second kappa shape index (κ2) is 9.06. The summed E-state index contributed by atoms with van der Waals surface area (Å²) >= 11 is 0. The highest BCUT2D eigenvalue weighted by atomic mass is 35.5. The summed E-state index contributed by atoms with van der Waals surface area (Å²) < 4.78 is 0. The molecule has 0 spiro atoms. The van der Waals surface area contributed by atoms with E-state index in [1.165, 1.54) is 25.7 Å². The monoisotopic (exact) mass is 310 g/mol. The van der Waals surface area contributed by atoms with Gasteiger partial charge in [0.2, 0.25) is 5.91 Å². The molecule has 1 saturated carbocycles. The van der Waals surface area contributed by atoms with Gasteiger partial charge in [-0.3, -0.25) is 4.79 Å². The van der Waals surface area contributed by atoms with Gasteiger partial charge in [0, 0.05) is 13.1 Å². The maximum absolute atomic E-state index is 12.3. The summed E-state index contributed by atoms with van der Waals surface area (Å²) in [5.74, 6) is 1.19. The highest BCUT2D eigenvalue weighted by Crippen LogP contribution is 2.29. The molecular formula is C17H27ClN2O. The second-order valence-electron chi connectivity index (χ2n) is 5.97. The molecule has 3 unspecified atom stereocenters. The zero-order valence-electron chi connectivity index (χ0n) is 12.8. The maximum Gasteiger partial charge on any atom is 0.228 e. The van der Waals surface area contributed by atoms with Crippen molar-refractivity contribution >= 4 is 18.3 Å². The standard InChI is InChI=1S/C17H26N2O.ClH/c1-13-7-5-6-10-15(13)12-19-17(20)16(11-18)14-8-3-2-4-9-14;/h2-4,8-9,13,15-16H,5-7,10-12,18H2,1H3,(H,19,20);1H. The minimum absolute atomic E-state index is 0. The molecule has 3 nitrogen and oxygen atoms in total. The lowest BCUT2D eigenvalue weighted by Crippen LogP contribution is -2.38. The van der Waals surface area contributed by atoms with Crippen molar-refractivity contribution in [3.8, 4) is 0 Å². The highest BCUT2D eigenvalue weighted by molar-refractivity contribution is 5.85. The van der Waals surface area contributed by atoms with Gasteiger partial charge < -0.3 is 11.1 Å². The Morgan fingerprint density at radius 1 is 1.29 bits per heavy atom. The Morgan fingerprint density at radius 3 is 2.57 bits per heavy atom. The van der Waals surface area contributed by atoms with Gasteiger partial charge in [-0.15, -0.1) is 12.4 Å². The van der Waals surface area contributed by atoms with Crippen LogP contribution in [0.3, 0.4) is 0 Å². The third-order valence-corrected chi connectivity index (χ3v) is 4.58. The van der Waals surface area contributed by atoms with Crippen molar-refractivity contribution in [2.75, 3.05) is 13.1 Å². The lowest BCUT2D eigenvalue weighted by molar-refractivity contribution is -0.122. The molecule has 3 atom stereocenters. The first kappa shape index (κ1) is 18.0. The number of rotatable bonds is 5. The molecule has 3 N–H and O–H groups in total. The number of hydrogen-bond donors (Lipinski definition) is 2. The van der Waals surface area contributed by atoms with Crippen molar-refractivity contribution in [1.29, 1.82) is 0 Å². The normalized spacial score (nSPS) is 23.0. The minimum atomic E-state index is -0.227. The van der Waals surface area contributed by atoms with Crippen molar-refractivity contribution in [3.05, 3.63) is 35.9 Å². The van der Waals surface area contributed by atoms with Gasteiger partial charge in [0.15, 0.2) is 0 Å². The van der Waals surface area contributed by atoms with Crippen molar-refractivity contribution in [2.45, 2.75) is 38.5 Å². The van der Waals surface area contributed by atoms with Crippen LogP contribution in [0.5, 0.6) is 0 Å². The Morgan fingerprint density at radius 2 is 1.95 bits per heavy atom. The van der Waals surface area contributed by atoms with Crippen LogP contribution in [0.2, 0.25) is 0 Å². The summed E-state index contributed by atoms with van der Waals surface area (Å²) in [6.07, 6.45) is 5.16. The van der Waals surface area contributed by atoms with Crippen LogP contribution in [0.15, 0.2) is 30.3 Å². The third kappa shape index (κ3) is 5.01. The topological polar surface area (TPSA) is 55.1 Å². The van der Waals surface area contributed by atoms with Crippen molar-refractivity contribution in [1.82, 2.24) is 5.32 Å². The summed E-state index contributed by atoms with van der Waals surface area (Å²) in [5, 5.41) is 3.11. The van der Waals surface area contributed by atoms with E-state index in [1.807, 2.05) is 30.3 Å². The van der Waals surface area contributed by atoms with E-state index in [1.54, 1.807) is 0 Å². The molecule has 0 radical (unpaired) electrons. The number of carbonyl (C=O) groups is 1. The van der Waals surface area contributed by atoms with Gasteiger partial charge in [-0.05, 0) is 23.8 Å². The molecule has 1 aromatic rings. The van der Waals surface area contributed by atoms with Gasteiger partial charge in [-0.25, -0.2) is 0 Å². The lowest BCUT2D eigenvalue weighted by Gasteiger charge is -2.29. The number of carbonyl (C=O) groups excluding carboxylic acids is 1. The van der Waals surface area contributed by atoms with Crippen molar-refractivity contribution in [2.24, 2.45) is 17.6 Å². The molecule has 0 aliphatic heterocycles. The molecule has 1 fully saturated rings. The van der Waals surface area contributed by atoms with E-state index in [9.17, 15) is 4.79 Å². The van der Waals surface area contributed by atoms with E-state index >= 15 is 0 Å². The van der Waals surface area contributed by atoms with Crippen LogP contribution in [0.1, 0.15) is 44.1 Å². The molecule has 0 heterocycles. The van der Waals surface area contributed by atoms with Gasteiger partial charge in [-0.2, -0.15) is 0 Å². The number of nitrogens with one attached hydrogen (secondary N) is 1. The summed E-state index contributed by atoms with van der Waals surface area (Å²) in [5.41, 5.74) is 6.78. The average Bonchev–Trinajstić information content (AvgIpc) is 2.48. The molecule has 1 aromatic carbocycles. The van der Waals surface area contributed by atoms with Crippen LogP contribution in [-0.4, -0.2) is 19.0 Å². The van der Waals surface area contributed by atoms with Crippen LogP contribution in [0, 0.1) is 11.8 Å². The first-order chi connectivity index (χ1) is 9.72. The number of nitrogens with two attached hydrogens (primary N) is 1. The van der Waals surface area contributed by atoms with E-state index in [2.05, 4.69) is 12.2 Å². The molecule has 21 heavy (non-hydrogen) atoms. The van der Waals surface area contributed by atoms with Crippen molar-refractivity contribution in [3.63, 3.8) is 0 Å². The van der Waals surface area contributed by atoms with Crippen molar-refractivity contribution < 1.29 is 4.79 Å². The van der Waals surface area contributed by atoms with Crippen LogP contribution in [-0.2, 0) is 4.79 Å². The molecule has 4 heteroatoms. The van der Waals surface area contributed by atoms with E-state index in [-0.39, 0.29) is 24.2 Å². The summed E-state index contributed by atoms with van der Waals surface area (Å²) in [4.78, 5) is 12.3. The molecule has 1 aliphatic carbocycles. The van der Waals surface area contributed by atoms with Gasteiger partial charge >= 0.3 is 0 Å². The van der Waals surface area contributed by atoms with Gasteiger partial charge in [0.25, 0.3) is 0 Å². The first-order valence-corrected chi connectivity index (χ1v) is 7.75. The maximum atomic E-state index is 12.3. The van der Waals surface area contributed by atoms with Gasteiger partial charge in [0.05, 0.1) is 5.92 Å². The SMILES string of the molecule is CC1CCCCC1CNC(=O)C(CN)c1ccccc1.Cl. The smallest absolute Gasteiger partial charge is 0.228 e. The van der Waals surface area contributed by atoms with Crippen LogP contribution in [0.4, 0.5) is 0 Å². The average molecular weight is 311 g/mol. The number of halogens is 1. The van der Waals surface area contributed by atoms with E-state index in [0.717, 1.165) is 18.0 Å². The van der Waals surface area contributed by atoms with Crippen LogP contribution < -0.4 is 11.1 Å². The zero-order valence-corrected chi connectivity index (χ0v) is 13.6. The molecule has 1 aliphatic rings. The summed E-state index contributed by atoms with van der Waals surface area (Å²) in [6, 6.07) is 9.81. The molecular weight excluding hydrogens is 284 g/mol. The molecule has 2 rings (SSSR count). The number of benzene rings is 1. The van der Waals surface area contributed by atoms with Gasteiger partial charge in [0.1, 0.15) is 0 Å². The minimum Gasteiger partial charge on any atom is -0.355 e. The second-order valence-corrected chi connectivity index (χ2v) is 5.97. The van der Waals surface area contributed by atoms with E-state index < -0.39 is 0 Å². The Hall–Kier alpha value is -1.06. The first-order valence-electron chi connectivity index (χ1n) is 7.75. The molecule has 118 valence electrons. The summed E-state index contributed by atoms with van der Waals surface area (Å²) in [7, 11) is 0. The molecule has 0 saturated heterocycles. The number of amides is 1. The summed E-state index contributed by atoms with van der Waals surface area (Å²) in [6.45, 7) is 3.45. The predicted octanol–water partition coefficient (Wildman–Crippen LogP) is 3.09.